The molecule has 0 saturated carbocycles. The van der Waals surface area contributed by atoms with Crippen molar-refractivity contribution in [2.75, 3.05) is 37.9 Å². The molecule has 1 aliphatic rings. The SMILES string of the molecule is CCc1c2n(c3ncc(C(F)(F)F)cc13)[C@H](C)CN(S(=O)(=O)CCOC[C@H](C)Nc1cnn(Cc3ccc(OC)cc3)c(=O)c1C(F)(F)F)C2. The van der Waals surface area contributed by atoms with Crippen LogP contribution in [0, 0.1) is 0 Å². The van der Waals surface area contributed by atoms with Crippen molar-refractivity contribution in [1.29, 1.82) is 0 Å². The minimum absolute atomic E-state index is 0.0557. The molecule has 5 rings (SSSR count). The summed E-state index contributed by atoms with van der Waals surface area (Å²) in [5.74, 6) is 0.0994. The minimum atomic E-state index is -5.00. The zero-order valence-corrected chi connectivity index (χ0v) is 28.4. The number of aryl methyl sites for hydroxylation is 1. The lowest BCUT2D eigenvalue weighted by Gasteiger charge is -2.33. The van der Waals surface area contributed by atoms with E-state index in [-0.39, 0.29) is 32.8 Å². The Labute approximate surface area is 283 Å². The van der Waals surface area contributed by atoms with E-state index >= 15 is 0 Å². The molecule has 0 bridgehead atoms. The third-order valence-electron chi connectivity index (χ3n) is 8.44. The van der Waals surface area contributed by atoms with Gasteiger partial charge >= 0.3 is 12.4 Å². The lowest BCUT2D eigenvalue weighted by atomic mass is 10.1. The zero-order valence-electron chi connectivity index (χ0n) is 27.6. The van der Waals surface area contributed by atoms with E-state index in [4.69, 9.17) is 9.47 Å². The predicted molar refractivity (Wildman–Crippen MR) is 173 cm³/mol. The molecule has 1 aromatic carbocycles. The maximum absolute atomic E-state index is 14.0. The standard InChI is InChI=1S/C32H36F6N6O5S/c1-5-24-25-12-22(31(33,34)35)13-39-29(25)44-20(3)15-42(17-27(24)44)50(46,47)11-10-49-18-19(2)41-26-14-40-43(30(45)28(26)32(36,37)38)16-21-6-8-23(48-4)9-7-21/h6-9,12-14,19-20,41H,5,10-11,15-18H2,1-4H3/t19-,20+/m0/s1. The van der Waals surface area contributed by atoms with Crippen LogP contribution < -0.4 is 15.6 Å². The molecule has 1 N–H and O–H groups in total. The maximum atomic E-state index is 14.0. The molecule has 50 heavy (non-hydrogen) atoms. The van der Waals surface area contributed by atoms with Crippen LogP contribution in [-0.4, -0.2) is 70.7 Å². The number of nitrogens with one attached hydrogen (secondary N) is 1. The molecule has 0 unspecified atom stereocenters. The number of methoxy groups -OCH3 is 1. The van der Waals surface area contributed by atoms with Gasteiger partial charge in [-0.1, -0.05) is 19.1 Å². The molecule has 0 radical (unpaired) electrons. The van der Waals surface area contributed by atoms with Crippen LogP contribution >= 0.6 is 0 Å². The van der Waals surface area contributed by atoms with Gasteiger partial charge in [-0.05, 0) is 49.6 Å². The van der Waals surface area contributed by atoms with Crippen molar-refractivity contribution in [3.8, 4) is 5.75 Å². The van der Waals surface area contributed by atoms with E-state index < -0.39 is 62.6 Å². The van der Waals surface area contributed by atoms with Gasteiger partial charge in [-0.25, -0.2) is 18.1 Å². The van der Waals surface area contributed by atoms with Crippen molar-refractivity contribution in [1.82, 2.24) is 23.6 Å². The summed E-state index contributed by atoms with van der Waals surface area (Å²) in [7, 11) is -2.44. The Morgan fingerprint density at radius 2 is 1.78 bits per heavy atom. The van der Waals surface area contributed by atoms with Crippen molar-refractivity contribution in [3.63, 3.8) is 0 Å². The molecule has 0 fully saturated rings. The Morgan fingerprint density at radius 1 is 1.08 bits per heavy atom. The third kappa shape index (κ3) is 7.76. The van der Waals surface area contributed by atoms with Crippen LogP contribution in [0.4, 0.5) is 32.0 Å². The zero-order chi connectivity index (χ0) is 36.6. The van der Waals surface area contributed by atoms with Crippen LogP contribution in [0.1, 0.15) is 54.8 Å². The van der Waals surface area contributed by atoms with Gasteiger partial charge in [-0.3, -0.25) is 4.79 Å². The number of pyridine rings is 1. The van der Waals surface area contributed by atoms with Crippen LogP contribution in [0.2, 0.25) is 0 Å². The number of nitrogens with zero attached hydrogens (tertiary/aromatic N) is 5. The predicted octanol–water partition coefficient (Wildman–Crippen LogP) is 5.47. The van der Waals surface area contributed by atoms with Crippen LogP contribution in [0.25, 0.3) is 11.0 Å². The largest absolute Gasteiger partial charge is 0.497 e. The smallest absolute Gasteiger partial charge is 0.423 e. The highest BCUT2D eigenvalue weighted by molar-refractivity contribution is 7.89. The molecule has 0 amide bonds. The first-order valence-corrected chi connectivity index (χ1v) is 17.3. The normalized spacial score (nSPS) is 16.4. The van der Waals surface area contributed by atoms with E-state index in [9.17, 15) is 39.6 Å². The Balaban J connectivity index is 1.22. The van der Waals surface area contributed by atoms with Crippen molar-refractivity contribution in [2.24, 2.45) is 0 Å². The fourth-order valence-electron chi connectivity index (χ4n) is 6.07. The van der Waals surface area contributed by atoms with Crippen LogP contribution in [0.5, 0.6) is 5.75 Å². The summed E-state index contributed by atoms with van der Waals surface area (Å²) < 4.78 is 123. The van der Waals surface area contributed by atoms with E-state index in [0.29, 0.717) is 44.7 Å². The molecular weight excluding hydrogens is 694 g/mol. The number of halogens is 6. The topological polar surface area (TPSA) is 121 Å². The molecule has 0 saturated heterocycles. The second-order valence-corrected chi connectivity index (χ2v) is 14.1. The van der Waals surface area contributed by atoms with Gasteiger partial charge in [0.15, 0.2) is 0 Å². The average Bonchev–Trinajstić information content (AvgIpc) is 3.37. The van der Waals surface area contributed by atoms with Gasteiger partial charge in [0.25, 0.3) is 5.56 Å². The van der Waals surface area contributed by atoms with Crippen LogP contribution in [0.15, 0.2) is 47.5 Å². The number of anilines is 1. The van der Waals surface area contributed by atoms with Gasteiger partial charge in [-0.2, -0.15) is 35.7 Å². The summed E-state index contributed by atoms with van der Waals surface area (Å²) in [6.45, 7) is 4.35. The van der Waals surface area contributed by atoms with Gasteiger partial charge in [-0.15, -0.1) is 0 Å². The van der Waals surface area contributed by atoms with Gasteiger partial charge in [0, 0.05) is 35.9 Å². The first-order chi connectivity index (χ1) is 23.4. The van der Waals surface area contributed by atoms with E-state index in [0.717, 1.165) is 18.5 Å². The molecular formula is C32H36F6N6O5S. The fourth-order valence-corrected chi connectivity index (χ4v) is 7.41. The Hall–Kier alpha value is -4.16. The summed E-state index contributed by atoms with van der Waals surface area (Å²) in [4.78, 5) is 17.0. The lowest BCUT2D eigenvalue weighted by Crippen LogP contribution is -2.42. The van der Waals surface area contributed by atoms with E-state index in [1.54, 1.807) is 42.7 Å². The summed E-state index contributed by atoms with van der Waals surface area (Å²) in [5.41, 5.74) is -2.15. The fraction of sp³-hybridized carbons (Fsp3) is 0.469. The molecule has 4 aromatic rings. The number of aromatic nitrogens is 4. The Bertz CT molecular complexity index is 2010. The van der Waals surface area contributed by atoms with Gasteiger partial charge < -0.3 is 19.4 Å². The van der Waals surface area contributed by atoms with Crippen molar-refractivity contribution < 1.29 is 44.2 Å². The first kappa shape index (κ1) is 37.1. The summed E-state index contributed by atoms with van der Waals surface area (Å²) in [5, 5.41) is 6.85. The van der Waals surface area contributed by atoms with Gasteiger partial charge in [0.05, 0.1) is 56.6 Å². The van der Waals surface area contributed by atoms with Crippen LogP contribution in [-0.2, 0) is 46.6 Å². The van der Waals surface area contributed by atoms with Gasteiger partial charge in [0.1, 0.15) is 17.0 Å². The van der Waals surface area contributed by atoms with Crippen molar-refractivity contribution >= 4 is 26.7 Å². The van der Waals surface area contributed by atoms with Crippen molar-refractivity contribution in [3.05, 3.63) is 81.0 Å². The van der Waals surface area contributed by atoms with E-state index in [2.05, 4.69) is 15.4 Å². The summed E-state index contributed by atoms with van der Waals surface area (Å²) in [6, 6.07) is 6.28. The second-order valence-electron chi connectivity index (χ2n) is 12.1. The summed E-state index contributed by atoms with van der Waals surface area (Å²) >= 11 is 0. The Morgan fingerprint density at radius 3 is 2.40 bits per heavy atom. The first-order valence-electron chi connectivity index (χ1n) is 15.7. The quantitative estimate of drug-likeness (QED) is 0.151. The number of ether oxygens (including phenoxy) is 2. The highest BCUT2D eigenvalue weighted by Gasteiger charge is 2.39. The molecule has 3 aromatic heterocycles. The monoisotopic (exact) mass is 730 g/mol. The number of hydrogen-bond acceptors (Lipinski definition) is 8. The second kappa shape index (κ2) is 14.2. The highest BCUT2D eigenvalue weighted by atomic mass is 32.2. The molecule has 11 nitrogen and oxygen atoms in total. The average molecular weight is 731 g/mol. The van der Waals surface area contributed by atoms with Crippen molar-refractivity contribution in [2.45, 2.75) is 64.7 Å². The molecule has 0 aliphatic carbocycles. The number of rotatable bonds is 12. The minimum Gasteiger partial charge on any atom is -0.497 e. The molecule has 4 heterocycles. The van der Waals surface area contributed by atoms with Crippen LogP contribution in [0.3, 0.4) is 0 Å². The maximum Gasteiger partial charge on any atom is 0.423 e. The number of fused-ring (bicyclic) bond motifs is 3. The number of benzene rings is 1. The number of sulfonamides is 1. The molecule has 1 aliphatic heterocycles. The van der Waals surface area contributed by atoms with E-state index in [1.165, 1.54) is 18.3 Å². The summed E-state index contributed by atoms with van der Waals surface area (Å²) in [6.07, 6.45) is -7.53. The van der Waals surface area contributed by atoms with E-state index in [1.807, 2.05) is 0 Å². The number of alkyl halides is 6. The Kier molecular flexibility index (Phi) is 10.6. The number of hydrogen-bond donors (Lipinski definition) is 1. The van der Waals surface area contributed by atoms with Gasteiger partial charge in [0.2, 0.25) is 10.0 Å². The molecule has 272 valence electrons. The molecule has 2 atom stereocenters. The third-order valence-corrected chi connectivity index (χ3v) is 10.2. The molecule has 18 heteroatoms. The molecule has 0 spiro atoms. The lowest BCUT2D eigenvalue weighted by molar-refractivity contribution is -0.139. The highest BCUT2D eigenvalue weighted by Crippen LogP contribution is 2.38.